The lowest BCUT2D eigenvalue weighted by Crippen LogP contribution is -2.30. The van der Waals surface area contributed by atoms with E-state index in [9.17, 15) is 0 Å². The van der Waals surface area contributed by atoms with Crippen molar-refractivity contribution in [2.45, 2.75) is 44.2 Å². The first-order valence-corrected chi connectivity index (χ1v) is 7.50. The van der Waals surface area contributed by atoms with Gasteiger partial charge in [0.1, 0.15) is 5.52 Å². The second-order valence-corrected chi connectivity index (χ2v) is 6.15. The normalized spacial score (nSPS) is 30.7. The Morgan fingerprint density at radius 3 is 3.00 bits per heavy atom. The van der Waals surface area contributed by atoms with Gasteiger partial charge in [0.2, 0.25) is 5.89 Å². The molecule has 2 aliphatic rings. The van der Waals surface area contributed by atoms with E-state index < -0.39 is 0 Å². The summed E-state index contributed by atoms with van der Waals surface area (Å²) in [7, 11) is 0. The second-order valence-electron chi connectivity index (χ2n) is 5.75. The van der Waals surface area contributed by atoms with E-state index in [1.807, 2.05) is 18.2 Å². The summed E-state index contributed by atoms with van der Waals surface area (Å²) in [6.45, 7) is 0. The summed E-state index contributed by atoms with van der Waals surface area (Å²) in [5.74, 6) is 1.60. The van der Waals surface area contributed by atoms with Crippen molar-refractivity contribution in [1.82, 2.24) is 10.3 Å². The summed E-state index contributed by atoms with van der Waals surface area (Å²) in [5, 5.41) is 4.34. The summed E-state index contributed by atoms with van der Waals surface area (Å²) < 4.78 is 5.88. The van der Waals surface area contributed by atoms with Crippen molar-refractivity contribution in [3.05, 3.63) is 29.1 Å². The number of nitrogens with zero attached hydrogens (tertiary/aromatic N) is 1. The lowest BCUT2D eigenvalue weighted by atomic mass is 9.85. The molecular formula is C15H17ClN2O. The minimum Gasteiger partial charge on any atom is -0.437 e. The molecule has 1 aliphatic heterocycles. The molecule has 19 heavy (non-hydrogen) atoms. The Morgan fingerprint density at radius 1 is 1.26 bits per heavy atom. The van der Waals surface area contributed by atoms with Gasteiger partial charge in [-0.15, -0.1) is 0 Å². The molecular weight excluding hydrogens is 260 g/mol. The monoisotopic (exact) mass is 276 g/mol. The molecule has 1 saturated heterocycles. The number of rotatable bonds is 1. The first-order chi connectivity index (χ1) is 9.31. The van der Waals surface area contributed by atoms with Gasteiger partial charge in [-0.05, 0) is 37.3 Å². The summed E-state index contributed by atoms with van der Waals surface area (Å²) in [4.78, 5) is 4.60. The van der Waals surface area contributed by atoms with Crippen molar-refractivity contribution in [1.29, 1.82) is 0 Å². The minimum atomic E-state index is 0.261. The lowest BCUT2D eigenvalue weighted by molar-refractivity contribution is 0.325. The molecule has 3 nitrogen and oxygen atoms in total. The third kappa shape index (κ3) is 1.96. The van der Waals surface area contributed by atoms with Gasteiger partial charge in [-0.2, -0.15) is 0 Å². The zero-order valence-electron chi connectivity index (χ0n) is 10.7. The third-order valence-electron chi connectivity index (χ3n) is 4.54. The predicted octanol–water partition coefficient (Wildman–Crippen LogP) is 4.07. The van der Waals surface area contributed by atoms with Crippen LogP contribution in [0.1, 0.15) is 44.0 Å². The van der Waals surface area contributed by atoms with Crippen LogP contribution in [0.15, 0.2) is 22.6 Å². The van der Waals surface area contributed by atoms with E-state index in [4.69, 9.17) is 16.0 Å². The SMILES string of the molecule is Clc1cccc2nc(C3CC4CCCCC4N3)oc12. The molecule has 2 heterocycles. The average molecular weight is 277 g/mol. The highest BCUT2D eigenvalue weighted by Gasteiger charge is 2.37. The smallest absolute Gasteiger partial charge is 0.212 e. The van der Waals surface area contributed by atoms with E-state index in [0.29, 0.717) is 11.1 Å². The molecule has 0 spiro atoms. The number of aromatic nitrogens is 1. The van der Waals surface area contributed by atoms with E-state index in [0.717, 1.165) is 29.3 Å². The van der Waals surface area contributed by atoms with E-state index >= 15 is 0 Å². The first-order valence-electron chi connectivity index (χ1n) is 7.12. The Bertz CT molecular complexity index is 595. The number of para-hydroxylation sites is 1. The van der Waals surface area contributed by atoms with Crippen LogP contribution in [0.3, 0.4) is 0 Å². The molecule has 4 heteroatoms. The van der Waals surface area contributed by atoms with Gasteiger partial charge in [-0.3, -0.25) is 0 Å². The molecule has 0 amide bonds. The van der Waals surface area contributed by atoms with Gasteiger partial charge in [0, 0.05) is 6.04 Å². The molecule has 4 rings (SSSR count). The van der Waals surface area contributed by atoms with Gasteiger partial charge in [0.15, 0.2) is 5.58 Å². The molecule has 1 aliphatic carbocycles. The van der Waals surface area contributed by atoms with Crippen LogP contribution in [-0.2, 0) is 0 Å². The highest BCUT2D eigenvalue weighted by molar-refractivity contribution is 6.34. The van der Waals surface area contributed by atoms with Crippen LogP contribution in [-0.4, -0.2) is 11.0 Å². The maximum absolute atomic E-state index is 6.14. The van der Waals surface area contributed by atoms with Crippen LogP contribution in [0.2, 0.25) is 5.02 Å². The third-order valence-corrected chi connectivity index (χ3v) is 4.84. The number of oxazole rings is 1. The Morgan fingerprint density at radius 2 is 2.16 bits per heavy atom. The quantitative estimate of drug-likeness (QED) is 0.853. The fourth-order valence-corrected chi connectivity index (χ4v) is 3.80. The Hall–Kier alpha value is -1.06. The highest BCUT2D eigenvalue weighted by Crippen LogP contribution is 2.39. The fourth-order valence-electron chi connectivity index (χ4n) is 3.59. The average Bonchev–Trinajstić information content (AvgIpc) is 3.02. The number of hydrogen-bond donors (Lipinski definition) is 1. The summed E-state index contributed by atoms with van der Waals surface area (Å²) in [5.41, 5.74) is 1.58. The van der Waals surface area contributed by atoms with Crippen LogP contribution >= 0.6 is 11.6 Å². The van der Waals surface area contributed by atoms with Crippen LogP contribution in [0.4, 0.5) is 0 Å². The molecule has 1 aromatic carbocycles. The molecule has 1 aromatic heterocycles. The van der Waals surface area contributed by atoms with Crippen LogP contribution in [0.5, 0.6) is 0 Å². The van der Waals surface area contributed by atoms with Crippen LogP contribution in [0.25, 0.3) is 11.1 Å². The summed E-state index contributed by atoms with van der Waals surface area (Å²) in [6, 6.07) is 6.64. The van der Waals surface area contributed by atoms with Gasteiger partial charge in [-0.25, -0.2) is 4.98 Å². The van der Waals surface area contributed by atoms with Gasteiger partial charge >= 0.3 is 0 Å². The first kappa shape index (κ1) is 11.7. The molecule has 2 aromatic rings. The number of hydrogen-bond acceptors (Lipinski definition) is 3. The Labute approximate surface area is 117 Å². The molecule has 1 N–H and O–H groups in total. The summed E-state index contributed by atoms with van der Waals surface area (Å²) >= 11 is 6.14. The molecule has 3 atom stereocenters. The number of fused-ring (bicyclic) bond motifs is 2. The largest absolute Gasteiger partial charge is 0.437 e. The summed E-state index contributed by atoms with van der Waals surface area (Å²) in [6.07, 6.45) is 6.50. The zero-order valence-corrected chi connectivity index (χ0v) is 11.5. The van der Waals surface area contributed by atoms with Crippen molar-refractivity contribution in [3.8, 4) is 0 Å². The van der Waals surface area contributed by atoms with Crippen molar-refractivity contribution in [2.75, 3.05) is 0 Å². The molecule has 2 fully saturated rings. The Kier molecular flexibility index (Phi) is 2.78. The van der Waals surface area contributed by atoms with Gasteiger partial charge in [-0.1, -0.05) is 30.5 Å². The van der Waals surface area contributed by atoms with Crippen molar-refractivity contribution in [3.63, 3.8) is 0 Å². The number of benzene rings is 1. The Balaban J connectivity index is 1.66. The highest BCUT2D eigenvalue weighted by atomic mass is 35.5. The fraction of sp³-hybridized carbons (Fsp3) is 0.533. The standard InChI is InChI=1S/C15H17ClN2O/c16-10-5-3-7-12-14(10)19-15(18-12)13-8-9-4-1-2-6-11(9)17-13/h3,5,7,9,11,13,17H,1-2,4,6,8H2. The van der Waals surface area contributed by atoms with Crippen LogP contribution < -0.4 is 5.32 Å². The van der Waals surface area contributed by atoms with E-state index in [2.05, 4.69) is 10.3 Å². The topological polar surface area (TPSA) is 38.1 Å². The number of nitrogens with one attached hydrogen (secondary N) is 1. The van der Waals surface area contributed by atoms with Gasteiger partial charge in [0.25, 0.3) is 0 Å². The second kappa shape index (κ2) is 4.50. The van der Waals surface area contributed by atoms with Crippen molar-refractivity contribution in [2.24, 2.45) is 5.92 Å². The maximum Gasteiger partial charge on any atom is 0.212 e. The zero-order chi connectivity index (χ0) is 12.8. The molecule has 100 valence electrons. The molecule has 0 bridgehead atoms. The van der Waals surface area contributed by atoms with E-state index in [-0.39, 0.29) is 6.04 Å². The molecule has 1 saturated carbocycles. The lowest BCUT2D eigenvalue weighted by Gasteiger charge is -2.24. The van der Waals surface area contributed by atoms with Crippen molar-refractivity contribution < 1.29 is 4.42 Å². The minimum absolute atomic E-state index is 0.261. The van der Waals surface area contributed by atoms with Crippen LogP contribution in [0, 0.1) is 5.92 Å². The van der Waals surface area contributed by atoms with Gasteiger partial charge in [0.05, 0.1) is 11.1 Å². The molecule has 0 radical (unpaired) electrons. The molecule has 3 unspecified atom stereocenters. The van der Waals surface area contributed by atoms with E-state index in [1.165, 1.54) is 25.7 Å². The predicted molar refractivity (Wildman–Crippen MR) is 75.3 cm³/mol. The van der Waals surface area contributed by atoms with Crippen molar-refractivity contribution >= 4 is 22.7 Å². The van der Waals surface area contributed by atoms with Gasteiger partial charge < -0.3 is 9.73 Å². The van der Waals surface area contributed by atoms with E-state index in [1.54, 1.807) is 0 Å². The maximum atomic E-state index is 6.14. The number of halogens is 1.